The summed E-state index contributed by atoms with van der Waals surface area (Å²) >= 11 is 0. The van der Waals surface area contributed by atoms with Crippen molar-refractivity contribution in [3.05, 3.63) is 23.8 Å². The minimum absolute atomic E-state index is 0.550. The molecule has 1 aromatic carbocycles. The van der Waals surface area contributed by atoms with Crippen molar-refractivity contribution in [3.63, 3.8) is 0 Å². The van der Waals surface area contributed by atoms with Crippen LogP contribution in [0.5, 0.6) is 0 Å². The first-order valence-electron chi connectivity index (χ1n) is 6.33. The lowest BCUT2D eigenvalue weighted by molar-refractivity contribution is 0.518. The highest BCUT2D eigenvalue weighted by Crippen LogP contribution is 2.27. The van der Waals surface area contributed by atoms with Crippen LogP contribution < -0.4 is 11.1 Å². The quantitative estimate of drug-likeness (QED) is 0.780. The van der Waals surface area contributed by atoms with Crippen molar-refractivity contribution >= 4 is 11.4 Å². The van der Waals surface area contributed by atoms with Gasteiger partial charge in [0.2, 0.25) is 0 Å². The van der Waals surface area contributed by atoms with Crippen molar-refractivity contribution in [1.29, 1.82) is 5.26 Å². The van der Waals surface area contributed by atoms with E-state index in [0.29, 0.717) is 11.3 Å². The largest absolute Gasteiger partial charge is 0.398 e. The summed E-state index contributed by atoms with van der Waals surface area (Å²) in [7, 11) is 0. The molecule has 0 aromatic heterocycles. The van der Waals surface area contributed by atoms with Gasteiger partial charge in [-0.15, -0.1) is 0 Å². The molecule has 3 heteroatoms. The summed E-state index contributed by atoms with van der Waals surface area (Å²) in [6.07, 6.45) is 6.78. The van der Waals surface area contributed by atoms with Crippen molar-refractivity contribution in [2.75, 3.05) is 17.6 Å². The highest BCUT2D eigenvalue weighted by atomic mass is 14.9. The summed E-state index contributed by atoms with van der Waals surface area (Å²) in [5.41, 5.74) is 7.77. The Kier molecular flexibility index (Phi) is 3.87. The molecule has 0 heterocycles. The number of hydrogen-bond acceptors (Lipinski definition) is 3. The number of rotatable bonds is 4. The van der Waals surface area contributed by atoms with E-state index in [4.69, 9.17) is 11.0 Å². The van der Waals surface area contributed by atoms with Crippen molar-refractivity contribution in [2.45, 2.75) is 32.1 Å². The molecule has 0 saturated heterocycles. The molecular formula is C14H19N3. The Labute approximate surface area is 103 Å². The molecule has 0 bridgehead atoms. The third-order valence-electron chi connectivity index (χ3n) is 3.53. The molecule has 1 aliphatic carbocycles. The van der Waals surface area contributed by atoms with Gasteiger partial charge in [-0.1, -0.05) is 25.7 Å². The summed E-state index contributed by atoms with van der Waals surface area (Å²) in [5.74, 6) is 0.895. The first kappa shape index (κ1) is 11.8. The van der Waals surface area contributed by atoms with E-state index in [-0.39, 0.29) is 0 Å². The van der Waals surface area contributed by atoms with Gasteiger partial charge in [-0.3, -0.25) is 0 Å². The highest BCUT2D eigenvalue weighted by Gasteiger charge is 2.13. The zero-order valence-corrected chi connectivity index (χ0v) is 10.1. The fourth-order valence-corrected chi connectivity index (χ4v) is 2.48. The van der Waals surface area contributed by atoms with Gasteiger partial charge in [-0.05, 0) is 30.5 Å². The summed E-state index contributed by atoms with van der Waals surface area (Å²) in [6.45, 7) is 0.986. The van der Waals surface area contributed by atoms with Gasteiger partial charge >= 0.3 is 0 Å². The molecule has 1 fully saturated rings. The standard InChI is InChI=1S/C14H19N3/c15-10-12-9-13(5-6-14(12)16)17-8-7-11-3-1-2-4-11/h5-6,9,11,17H,1-4,7-8,16H2. The molecule has 0 radical (unpaired) electrons. The van der Waals surface area contributed by atoms with Crippen molar-refractivity contribution in [1.82, 2.24) is 0 Å². The molecule has 1 saturated carbocycles. The Morgan fingerprint density at radius 2 is 2.12 bits per heavy atom. The van der Waals surface area contributed by atoms with Gasteiger partial charge in [0.25, 0.3) is 0 Å². The van der Waals surface area contributed by atoms with Crippen LogP contribution in [0.2, 0.25) is 0 Å². The molecule has 0 unspecified atom stereocenters. The molecule has 3 nitrogen and oxygen atoms in total. The van der Waals surface area contributed by atoms with E-state index in [0.717, 1.165) is 18.2 Å². The van der Waals surface area contributed by atoms with Crippen LogP contribution in [0.25, 0.3) is 0 Å². The van der Waals surface area contributed by atoms with Gasteiger partial charge in [0.15, 0.2) is 0 Å². The van der Waals surface area contributed by atoms with Crippen molar-refractivity contribution in [2.24, 2.45) is 5.92 Å². The maximum atomic E-state index is 8.88. The van der Waals surface area contributed by atoms with E-state index in [1.807, 2.05) is 12.1 Å². The lowest BCUT2D eigenvalue weighted by Gasteiger charge is -2.11. The number of nitrogens with one attached hydrogen (secondary N) is 1. The highest BCUT2D eigenvalue weighted by molar-refractivity contribution is 5.61. The minimum atomic E-state index is 0.550. The fourth-order valence-electron chi connectivity index (χ4n) is 2.48. The molecule has 17 heavy (non-hydrogen) atoms. The monoisotopic (exact) mass is 229 g/mol. The second-order valence-electron chi connectivity index (χ2n) is 4.78. The van der Waals surface area contributed by atoms with E-state index in [1.165, 1.54) is 32.1 Å². The lowest BCUT2D eigenvalue weighted by atomic mass is 10.0. The predicted octanol–water partition coefficient (Wildman–Crippen LogP) is 3.13. The SMILES string of the molecule is N#Cc1cc(NCCC2CCCC2)ccc1N. The maximum Gasteiger partial charge on any atom is 0.101 e. The van der Waals surface area contributed by atoms with E-state index >= 15 is 0 Å². The fraction of sp³-hybridized carbons (Fsp3) is 0.500. The van der Waals surface area contributed by atoms with E-state index < -0.39 is 0 Å². The first-order valence-corrected chi connectivity index (χ1v) is 6.33. The van der Waals surface area contributed by atoms with Crippen molar-refractivity contribution < 1.29 is 0 Å². The van der Waals surface area contributed by atoms with Gasteiger partial charge in [-0.25, -0.2) is 0 Å². The van der Waals surface area contributed by atoms with Crippen LogP contribution >= 0.6 is 0 Å². The smallest absolute Gasteiger partial charge is 0.101 e. The van der Waals surface area contributed by atoms with Crippen molar-refractivity contribution in [3.8, 4) is 6.07 Å². The number of nitriles is 1. The van der Waals surface area contributed by atoms with Crippen LogP contribution in [0.1, 0.15) is 37.7 Å². The average Bonchev–Trinajstić information content (AvgIpc) is 2.84. The topological polar surface area (TPSA) is 61.8 Å². The number of nitrogen functional groups attached to an aromatic ring is 1. The third-order valence-corrected chi connectivity index (χ3v) is 3.53. The summed E-state index contributed by atoms with van der Waals surface area (Å²) < 4.78 is 0. The van der Waals surface area contributed by atoms with Gasteiger partial charge in [-0.2, -0.15) is 5.26 Å². The average molecular weight is 229 g/mol. The molecule has 1 aromatic rings. The van der Waals surface area contributed by atoms with Crippen LogP contribution in [0.3, 0.4) is 0 Å². The predicted molar refractivity (Wildman–Crippen MR) is 70.6 cm³/mol. The Morgan fingerprint density at radius 1 is 1.35 bits per heavy atom. The Hall–Kier alpha value is -1.69. The Morgan fingerprint density at radius 3 is 2.82 bits per heavy atom. The van der Waals surface area contributed by atoms with Crippen LogP contribution in [-0.4, -0.2) is 6.54 Å². The second kappa shape index (κ2) is 5.58. The molecule has 90 valence electrons. The molecule has 0 aliphatic heterocycles. The molecule has 0 spiro atoms. The molecular weight excluding hydrogens is 210 g/mol. The zero-order valence-electron chi connectivity index (χ0n) is 10.1. The van der Waals surface area contributed by atoms with Crippen LogP contribution in [-0.2, 0) is 0 Å². The second-order valence-corrected chi connectivity index (χ2v) is 4.78. The van der Waals surface area contributed by atoms with E-state index in [1.54, 1.807) is 6.07 Å². The zero-order chi connectivity index (χ0) is 12.1. The van der Waals surface area contributed by atoms with Gasteiger partial charge in [0.1, 0.15) is 6.07 Å². The third kappa shape index (κ3) is 3.13. The molecule has 1 aliphatic rings. The van der Waals surface area contributed by atoms with Gasteiger partial charge in [0, 0.05) is 17.9 Å². The number of nitrogens with two attached hydrogens (primary N) is 1. The normalized spacial score (nSPS) is 15.7. The van der Waals surface area contributed by atoms with E-state index in [9.17, 15) is 0 Å². The van der Waals surface area contributed by atoms with Gasteiger partial charge < -0.3 is 11.1 Å². The number of hydrogen-bond donors (Lipinski definition) is 2. The molecule has 3 N–H and O–H groups in total. The summed E-state index contributed by atoms with van der Waals surface area (Å²) in [6, 6.07) is 7.65. The molecule has 2 rings (SSSR count). The summed E-state index contributed by atoms with van der Waals surface area (Å²) in [5, 5.41) is 12.2. The number of anilines is 2. The Balaban J connectivity index is 1.84. The van der Waals surface area contributed by atoms with Crippen LogP contribution in [0.4, 0.5) is 11.4 Å². The van der Waals surface area contributed by atoms with Gasteiger partial charge in [0.05, 0.1) is 5.56 Å². The molecule has 0 atom stereocenters. The van der Waals surface area contributed by atoms with Crippen LogP contribution in [0.15, 0.2) is 18.2 Å². The number of nitrogens with zero attached hydrogens (tertiary/aromatic N) is 1. The van der Waals surface area contributed by atoms with E-state index in [2.05, 4.69) is 11.4 Å². The molecule has 0 amide bonds. The first-order chi connectivity index (χ1) is 8.29. The number of benzene rings is 1. The minimum Gasteiger partial charge on any atom is -0.398 e. The summed E-state index contributed by atoms with van der Waals surface area (Å²) in [4.78, 5) is 0. The Bertz CT molecular complexity index is 414. The maximum absolute atomic E-state index is 8.88. The van der Waals surface area contributed by atoms with Crippen LogP contribution in [0, 0.1) is 17.2 Å². The lowest BCUT2D eigenvalue weighted by Crippen LogP contribution is -2.07.